The zero-order valence-electron chi connectivity index (χ0n) is 7.70. The Labute approximate surface area is 86.0 Å². The van der Waals surface area contributed by atoms with Crippen molar-refractivity contribution in [1.82, 2.24) is 4.72 Å². The van der Waals surface area contributed by atoms with Gasteiger partial charge in [0.2, 0.25) is 0 Å². The highest BCUT2D eigenvalue weighted by Gasteiger charge is 2.43. The number of aliphatic hydroxyl groups excluding tert-OH is 4. The Balaban J connectivity index is 2.63. The van der Waals surface area contributed by atoms with E-state index in [1.807, 2.05) is 0 Å². The monoisotopic (exact) mass is 225 g/mol. The van der Waals surface area contributed by atoms with Crippen LogP contribution in [0.4, 0.5) is 0 Å². The van der Waals surface area contributed by atoms with E-state index in [1.165, 1.54) is 11.9 Å². The quantitative estimate of drug-likeness (QED) is 0.343. The normalized spacial score (nSPS) is 43.9. The van der Waals surface area contributed by atoms with Gasteiger partial charge in [0, 0.05) is 0 Å². The number of rotatable bonds is 3. The van der Waals surface area contributed by atoms with Crippen LogP contribution in [0.3, 0.4) is 0 Å². The average molecular weight is 225 g/mol. The molecular weight excluding hydrogens is 210 g/mol. The summed E-state index contributed by atoms with van der Waals surface area (Å²) in [4.78, 5) is 0. The molecule has 0 aromatic rings. The van der Waals surface area contributed by atoms with Gasteiger partial charge in [0.05, 0.1) is 6.61 Å². The van der Waals surface area contributed by atoms with Gasteiger partial charge in [-0.1, -0.05) is 11.9 Å². The third kappa shape index (κ3) is 2.37. The molecule has 84 valence electrons. The second-order valence-corrected chi connectivity index (χ2v) is 3.72. The summed E-state index contributed by atoms with van der Waals surface area (Å²) in [6, 6.07) is 0. The molecule has 0 saturated carbocycles. The Kier molecular flexibility index (Phi) is 4.58. The van der Waals surface area contributed by atoms with Gasteiger partial charge in [-0.25, -0.2) is 4.72 Å². The lowest BCUT2D eigenvalue weighted by atomic mass is 9.99. The van der Waals surface area contributed by atoms with Crippen LogP contribution < -0.4 is 4.72 Å². The second kappa shape index (κ2) is 5.26. The van der Waals surface area contributed by atoms with E-state index in [-0.39, 0.29) is 0 Å². The van der Waals surface area contributed by atoms with E-state index in [1.54, 1.807) is 6.26 Å². The summed E-state index contributed by atoms with van der Waals surface area (Å²) in [6.07, 6.45) is -3.72. The summed E-state index contributed by atoms with van der Waals surface area (Å²) < 4.78 is 7.84. The Bertz CT molecular complexity index is 179. The zero-order valence-corrected chi connectivity index (χ0v) is 8.52. The van der Waals surface area contributed by atoms with Crippen LogP contribution >= 0.6 is 11.9 Å². The standard InChI is InChI=1S/C7H15NO5S/c1-14-8-7-6(12)5(11)4(10)3(2-9)13-7/h3-12H,2H2,1H3. The van der Waals surface area contributed by atoms with Crippen LogP contribution in [0.25, 0.3) is 0 Å². The highest BCUT2D eigenvalue weighted by molar-refractivity contribution is 7.96. The first kappa shape index (κ1) is 12.2. The second-order valence-electron chi connectivity index (χ2n) is 3.07. The predicted octanol–water partition coefficient (Wildman–Crippen LogP) is -2.35. The highest BCUT2D eigenvalue weighted by Crippen LogP contribution is 2.20. The number of aliphatic hydroxyl groups is 4. The molecule has 1 heterocycles. The minimum atomic E-state index is -1.31. The summed E-state index contributed by atoms with van der Waals surface area (Å²) >= 11 is 1.22. The molecule has 14 heavy (non-hydrogen) atoms. The maximum absolute atomic E-state index is 9.46. The minimum absolute atomic E-state index is 0.405. The fourth-order valence-electron chi connectivity index (χ4n) is 1.32. The van der Waals surface area contributed by atoms with Crippen molar-refractivity contribution >= 4 is 11.9 Å². The maximum Gasteiger partial charge on any atom is 0.146 e. The van der Waals surface area contributed by atoms with Crippen molar-refractivity contribution in [3.8, 4) is 0 Å². The lowest BCUT2D eigenvalue weighted by Gasteiger charge is -2.39. The number of nitrogens with one attached hydrogen (secondary N) is 1. The number of ether oxygens (including phenoxy) is 1. The van der Waals surface area contributed by atoms with E-state index in [2.05, 4.69) is 4.72 Å². The molecule has 1 saturated heterocycles. The van der Waals surface area contributed by atoms with Crippen LogP contribution in [0.5, 0.6) is 0 Å². The molecule has 5 atom stereocenters. The van der Waals surface area contributed by atoms with Crippen molar-refractivity contribution < 1.29 is 25.2 Å². The van der Waals surface area contributed by atoms with Crippen molar-refractivity contribution in [3.63, 3.8) is 0 Å². The molecule has 5 unspecified atom stereocenters. The number of hydrogen-bond acceptors (Lipinski definition) is 7. The van der Waals surface area contributed by atoms with E-state index in [9.17, 15) is 15.3 Å². The van der Waals surface area contributed by atoms with Gasteiger partial charge in [0.15, 0.2) is 0 Å². The lowest BCUT2D eigenvalue weighted by molar-refractivity contribution is -0.231. The first-order valence-corrected chi connectivity index (χ1v) is 5.43. The van der Waals surface area contributed by atoms with Gasteiger partial charge in [-0.3, -0.25) is 0 Å². The van der Waals surface area contributed by atoms with Crippen LogP contribution in [-0.2, 0) is 4.74 Å². The molecule has 5 N–H and O–H groups in total. The van der Waals surface area contributed by atoms with E-state index in [0.29, 0.717) is 0 Å². The van der Waals surface area contributed by atoms with Gasteiger partial charge in [-0.15, -0.1) is 0 Å². The molecule has 7 heteroatoms. The molecule has 1 aliphatic heterocycles. The van der Waals surface area contributed by atoms with Crippen LogP contribution in [0.1, 0.15) is 0 Å². The highest BCUT2D eigenvalue weighted by atomic mass is 32.2. The Morgan fingerprint density at radius 1 is 1.21 bits per heavy atom. The van der Waals surface area contributed by atoms with Gasteiger partial charge < -0.3 is 25.2 Å². The third-order valence-electron chi connectivity index (χ3n) is 2.13. The Hall–Kier alpha value is 0.110. The summed E-state index contributed by atoms with van der Waals surface area (Å²) in [5.74, 6) is 0. The topological polar surface area (TPSA) is 102 Å². The molecule has 0 spiro atoms. The van der Waals surface area contributed by atoms with Crippen molar-refractivity contribution in [2.45, 2.75) is 30.6 Å². The summed E-state index contributed by atoms with van der Waals surface area (Å²) in [7, 11) is 0. The van der Waals surface area contributed by atoms with Gasteiger partial charge >= 0.3 is 0 Å². The Morgan fingerprint density at radius 3 is 2.36 bits per heavy atom. The first-order valence-electron chi connectivity index (χ1n) is 4.20. The van der Waals surface area contributed by atoms with Crippen molar-refractivity contribution in [1.29, 1.82) is 0 Å². The lowest BCUT2D eigenvalue weighted by Crippen LogP contribution is -2.61. The summed E-state index contributed by atoms with van der Waals surface area (Å²) in [5, 5.41) is 37.1. The minimum Gasteiger partial charge on any atom is -0.394 e. The van der Waals surface area contributed by atoms with Crippen molar-refractivity contribution in [3.05, 3.63) is 0 Å². The molecule has 0 radical (unpaired) electrons. The molecular formula is C7H15NO5S. The van der Waals surface area contributed by atoms with Gasteiger partial charge in [0.1, 0.15) is 30.6 Å². The van der Waals surface area contributed by atoms with Crippen molar-refractivity contribution in [2.24, 2.45) is 0 Å². The van der Waals surface area contributed by atoms with Gasteiger partial charge in [-0.05, 0) is 6.26 Å². The zero-order chi connectivity index (χ0) is 10.7. The fraction of sp³-hybridized carbons (Fsp3) is 1.00. The smallest absolute Gasteiger partial charge is 0.146 e. The van der Waals surface area contributed by atoms with E-state index in [0.717, 1.165) is 0 Å². The molecule has 0 aliphatic carbocycles. The maximum atomic E-state index is 9.46. The average Bonchev–Trinajstić information content (AvgIpc) is 2.19. The van der Waals surface area contributed by atoms with Crippen LogP contribution in [0.15, 0.2) is 0 Å². The molecule has 1 fully saturated rings. The third-order valence-corrected chi connectivity index (χ3v) is 2.59. The van der Waals surface area contributed by atoms with E-state index >= 15 is 0 Å². The molecule has 1 rings (SSSR count). The van der Waals surface area contributed by atoms with E-state index in [4.69, 9.17) is 9.84 Å². The largest absolute Gasteiger partial charge is 0.394 e. The molecule has 0 amide bonds. The van der Waals surface area contributed by atoms with Gasteiger partial charge in [0.25, 0.3) is 0 Å². The van der Waals surface area contributed by atoms with Crippen molar-refractivity contribution in [2.75, 3.05) is 12.9 Å². The SMILES string of the molecule is CSNC1OC(CO)C(O)C(O)C1O. The molecule has 0 aromatic carbocycles. The Morgan fingerprint density at radius 2 is 1.86 bits per heavy atom. The van der Waals surface area contributed by atoms with Crippen LogP contribution in [0.2, 0.25) is 0 Å². The summed E-state index contributed by atoms with van der Waals surface area (Å²) in [6.45, 7) is -0.405. The fourth-order valence-corrected chi connectivity index (χ4v) is 1.74. The number of hydrogen-bond donors (Lipinski definition) is 5. The molecule has 0 aromatic heterocycles. The van der Waals surface area contributed by atoms with Gasteiger partial charge in [-0.2, -0.15) is 0 Å². The first-order chi connectivity index (χ1) is 6.61. The van der Waals surface area contributed by atoms with Crippen LogP contribution in [-0.4, -0.2) is 63.9 Å². The predicted molar refractivity (Wildman–Crippen MR) is 50.4 cm³/mol. The summed E-state index contributed by atoms with van der Waals surface area (Å²) in [5.41, 5.74) is 0. The molecule has 0 bridgehead atoms. The molecule has 1 aliphatic rings. The van der Waals surface area contributed by atoms with E-state index < -0.39 is 37.3 Å². The molecule has 6 nitrogen and oxygen atoms in total. The van der Waals surface area contributed by atoms with Crippen LogP contribution in [0, 0.1) is 0 Å².